The van der Waals surface area contributed by atoms with Crippen LogP contribution >= 0.6 is 0 Å². The molecule has 7 heteroatoms. The Morgan fingerprint density at radius 2 is 2.05 bits per heavy atom. The van der Waals surface area contributed by atoms with Gasteiger partial charge in [-0.2, -0.15) is 0 Å². The lowest BCUT2D eigenvalue weighted by Gasteiger charge is -2.36. The largest absolute Gasteiger partial charge is 0.497 e. The molecule has 0 bridgehead atoms. The maximum Gasteiger partial charge on any atom is 0.249 e. The van der Waals surface area contributed by atoms with Gasteiger partial charge in [-0.05, 0) is 12.1 Å². The fourth-order valence-corrected chi connectivity index (χ4v) is 2.27. The molecule has 2 rings (SSSR count). The zero-order chi connectivity index (χ0) is 16.3. The summed E-state index contributed by atoms with van der Waals surface area (Å²) in [6.45, 7) is 0.118. The number of hydrogen-bond acceptors (Lipinski definition) is 4. The highest BCUT2D eigenvalue weighted by atomic mass is 19.3. The topological polar surface area (TPSA) is 67.8 Å². The molecule has 1 amide bonds. The van der Waals surface area contributed by atoms with E-state index in [1.54, 1.807) is 18.2 Å². The van der Waals surface area contributed by atoms with Crippen LogP contribution in [0.25, 0.3) is 0 Å². The third-order valence-electron chi connectivity index (χ3n) is 3.55. The van der Waals surface area contributed by atoms with Crippen molar-refractivity contribution in [1.29, 1.82) is 0 Å². The summed E-state index contributed by atoms with van der Waals surface area (Å²) in [5, 5.41) is 12.2. The first-order valence-electron chi connectivity index (χ1n) is 6.75. The molecule has 1 saturated carbocycles. The van der Waals surface area contributed by atoms with Gasteiger partial charge >= 0.3 is 0 Å². The second-order valence-corrected chi connectivity index (χ2v) is 5.17. The standard InChI is InChI=1S/C15H18F2NO4/c1-21-11-4-3-9(12(5-11)22-2)8-18-14(20)13(19)10-6-15(16,17)7-10/h3-5,13,19H,6-8H2,1-2H3,(H,18,20). The normalized spacial score (nSPS) is 18.2. The van der Waals surface area contributed by atoms with Crippen LogP contribution in [0.1, 0.15) is 18.4 Å². The zero-order valence-electron chi connectivity index (χ0n) is 12.4. The minimum atomic E-state index is -2.80. The quantitative estimate of drug-likeness (QED) is 0.838. The highest BCUT2D eigenvalue weighted by Crippen LogP contribution is 2.45. The van der Waals surface area contributed by atoms with Crippen LogP contribution in [-0.2, 0) is 11.3 Å². The number of ether oxygens (including phenoxy) is 2. The Bertz CT molecular complexity index is 542. The van der Waals surface area contributed by atoms with E-state index in [2.05, 4.69) is 5.32 Å². The second-order valence-electron chi connectivity index (χ2n) is 5.17. The monoisotopic (exact) mass is 314 g/mol. The molecule has 0 heterocycles. The summed E-state index contributed by atoms with van der Waals surface area (Å²) in [6.07, 6.45) is -2.56. The molecule has 0 aliphatic heterocycles. The van der Waals surface area contributed by atoms with E-state index >= 15 is 0 Å². The van der Waals surface area contributed by atoms with Crippen LogP contribution < -0.4 is 14.8 Å². The van der Waals surface area contributed by atoms with E-state index in [1.165, 1.54) is 14.2 Å². The number of amides is 1. The predicted octanol–water partition coefficient (Wildman–Crippen LogP) is 1.68. The van der Waals surface area contributed by atoms with Gasteiger partial charge in [0, 0.05) is 36.9 Å². The minimum Gasteiger partial charge on any atom is -0.497 e. The van der Waals surface area contributed by atoms with Crippen LogP contribution in [0.4, 0.5) is 8.78 Å². The van der Waals surface area contributed by atoms with Crippen LogP contribution in [0.2, 0.25) is 0 Å². The molecule has 22 heavy (non-hydrogen) atoms. The molecule has 1 radical (unpaired) electrons. The summed E-state index contributed by atoms with van der Waals surface area (Å²) in [5.41, 5.74) is 0.688. The summed E-state index contributed by atoms with van der Waals surface area (Å²) < 4.78 is 35.7. The minimum absolute atomic E-state index is 0.118. The molecule has 0 aromatic heterocycles. The van der Waals surface area contributed by atoms with Crippen molar-refractivity contribution in [3.63, 3.8) is 0 Å². The molecule has 1 fully saturated rings. The van der Waals surface area contributed by atoms with Crippen molar-refractivity contribution in [2.24, 2.45) is 0 Å². The van der Waals surface area contributed by atoms with Crippen molar-refractivity contribution in [1.82, 2.24) is 5.32 Å². The number of methoxy groups -OCH3 is 2. The Labute approximate surface area is 127 Å². The van der Waals surface area contributed by atoms with E-state index < -0.39 is 30.8 Å². The van der Waals surface area contributed by atoms with E-state index in [9.17, 15) is 18.7 Å². The zero-order valence-corrected chi connectivity index (χ0v) is 12.4. The van der Waals surface area contributed by atoms with Gasteiger partial charge in [0.2, 0.25) is 11.8 Å². The van der Waals surface area contributed by atoms with E-state index in [0.29, 0.717) is 17.1 Å². The van der Waals surface area contributed by atoms with Crippen molar-refractivity contribution >= 4 is 5.91 Å². The van der Waals surface area contributed by atoms with Gasteiger partial charge in [0.1, 0.15) is 17.6 Å². The first-order chi connectivity index (χ1) is 10.4. The molecular formula is C15H18F2NO4. The Morgan fingerprint density at radius 1 is 1.36 bits per heavy atom. The fraction of sp³-hybridized carbons (Fsp3) is 0.467. The van der Waals surface area contributed by atoms with Gasteiger partial charge in [-0.25, -0.2) is 8.78 Å². The molecule has 0 spiro atoms. The van der Waals surface area contributed by atoms with Gasteiger partial charge in [-0.1, -0.05) is 0 Å². The maximum absolute atomic E-state index is 12.7. The van der Waals surface area contributed by atoms with Gasteiger partial charge < -0.3 is 19.9 Å². The van der Waals surface area contributed by atoms with Crippen LogP contribution in [0, 0.1) is 5.92 Å². The smallest absolute Gasteiger partial charge is 0.249 e. The molecule has 2 N–H and O–H groups in total. The molecule has 5 nitrogen and oxygen atoms in total. The average Bonchev–Trinajstić information content (AvgIpc) is 2.49. The van der Waals surface area contributed by atoms with Gasteiger partial charge in [0.15, 0.2) is 0 Å². The molecule has 0 saturated heterocycles. The van der Waals surface area contributed by atoms with Gasteiger partial charge in [0.25, 0.3) is 0 Å². The summed E-state index contributed by atoms with van der Waals surface area (Å²) in [7, 11) is 3.01. The number of carbonyl (C=O) groups is 1. The average molecular weight is 314 g/mol. The van der Waals surface area contributed by atoms with Crippen molar-refractivity contribution in [3.05, 3.63) is 29.7 Å². The van der Waals surface area contributed by atoms with E-state index in [-0.39, 0.29) is 12.5 Å². The number of hydrogen-bond donors (Lipinski definition) is 2. The van der Waals surface area contributed by atoms with E-state index in [4.69, 9.17) is 9.47 Å². The molecule has 1 aromatic carbocycles. The highest BCUT2D eigenvalue weighted by Gasteiger charge is 2.50. The van der Waals surface area contributed by atoms with Gasteiger partial charge in [-0.15, -0.1) is 0 Å². The Balaban J connectivity index is 1.91. The summed E-state index contributed by atoms with van der Waals surface area (Å²) >= 11 is 0. The molecular weight excluding hydrogens is 296 g/mol. The molecule has 1 aliphatic rings. The lowest BCUT2D eigenvalue weighted by atomic mass is 9.77. The highest BCUT2D eigenvalue weighted by molar-refractivity contribution is 5.83. The van der Waals surface area contributed by atoms with Crippen LogP contribution in [0.15, 0.2) is 18.2 Å². The molecule has 1 aliphatic carbocycles. The first-order valence-corrected chi connectivity index (χ1v) is 6.75. The van der Waals surface area contributed by atoms with Crippen molar-refractivity contribution in [2.75, 3.05) is 14.2 Å². The lowest BCUT2D eigenvalue weighted by molar-refractivity contribution is -0.134. The SMILES string of the molecule is COc1ccc(CNC(=O)C(O)[C]2CC(F)(F)C2)c(OC)c1. The fourth-order valence-electron chi connectivity index (χ4n) is 2.27. The number of aliphatic hydroxyl groups excluding tert-OH is 1. The Kier molecular flexibility index (Phi) is 4.85. The Hall–Kier alpha value is -1.89. The summed E-state index contributed by atoms with van der Waals surface area (Å²) in [5.74, 6) is -2.20. The van der Waals surface area contributed by atoms with Crippen LogP contribution in [-0.4, -0.2) is 37.3 Å². The van der Waals surface area contributed by atoms with Crippen LogP contribution in [0.5, 0.6) is 11.5 Å². The van der Waals surface area contributed by atoms with Crippen molar-refractivity contribution in [2.45, 2.75) is 31.4 Å². The van der Waals surface area contributed by atoms with Crippen molar-refractivity contribution in [3.8, 4) is 11.5 Å². The number of aliphatic hydroxyl groups is 1. The number of carbonyl (C=O) groups excluding carboxylic acids is 1. The molecule has 1 atom stereocenters. The Morgan fingerprint density at radius 3 is 2.59 bits per heavy atom. The number of nitrogens with one attached hydrogen (secondary N) is 1. The van der Waals surface area contributed by atoms with Gasteiger partial charge in [-0.3, -0.25) is 4.79 Å². The third kappa shape index (κ3) is 3.65. The van der Waals surface area contributed by atoms with E-state index in [0.717, 1.165) is 0 Å². The molecule has 121 valence electrons. The third-order valence-corrected chi connectivity index (χ3v) is 3.55. The summed E-state index contributed by atoms with van der Waals surface area (Å²) in [4.78, 5) is 11.8. The van der Waals surface area contributed by atoms with Gasteiger partial charge in [0.05, 0.1) is 14.2 Å². The number of benzene rings is 1. The maximum atomic E-state index is 12.7. The number of alkyl halides is 2. The number of halogens is 2. The number of rotatable bonds is 6. The van der Waals surface area contributed by atoms with E-state index in [1.807, 2.05) is 0 Å². The molecule has 1 aromatic rings. The predicted molar refractivity (Wildman–Crippen MR) is 74.8 cm³/mol. The second kappa shape index (κ2) is 6.48. The van der Waals surface area contributed by atoms with Crippen LogP contribution in [0.3, 0.4) is 0 Å². The summed E-state index contributed by atoms with van der Waals surface area (Å²) in [6, 6.07) is 5.09. The molecule has 1 unspecified atom stereocenters. The first kappa shape index (κ1) is 16.5. The lowest BCUT2D eigenvalue weighted by Crippen LogP contribution is -2.47. The van der Waals surface area contributed by atoms with Crippen molar-refractivity contribution < 1.29 is 28.2 Å².